The van der Waals surface area contributed by atoms with Crippen LogP contribution in [-0.2, 0) is 17.6 Å². The van der Waals surface area contributed by atoms with Crippen molar-refractivity contribution in [1.29, 1.82) is 10.5 Å². The number of hydrogen-bond donors (Lipinski definition) is 1. The van der Waals surface area contributed by atoms with E-state index in [0.717, 1.165) is 52.4 Å². The van der Waals surface area contributed by atoms with E-state index in [1.165, 1.54) is 4.88 Å². The number of benzene rings is 1. The van der Waals surface area contributed by atoms with Gasteiger partial charge in [-0.2, -0.15) is 10.5 Å². The molecule has 178 valence electrons. The summed E-state index contributed by atoms with van der Waals surface area (Å²) in [6.45, 7) is 4.19. The number of nitriles is 2. The smallest absolute Gasteiger partial charge is 0.162 e. The molecule has 5 nitrogen and oxygen atoms in total. The summed E-state index contributed by atoms with van der Waals surface area (Å²) < 4.78 is 0. The van der Waals surface area contributed by atoms with E-state index in [0.29, 0.717) is 35.4 Å². The molecule has 1 aliphatic heterocycles. The Labute approximate surface area is 214 Å². The van der Waals surface area contributed by atoms with Gasteiger partial charge >= 0.3 is 0 Å². The van der Waals surface area contributed by atoms with Gasteiger partial charge in [0.15, 0.2) is 5.78 Å². The van der Waals surface area contributed by atoms with Crippen LogP contribution in [0.2, 0.25) is 0 Å². The Bertz CT molecular complexity index is 1370. The monoisotopic (exact) mass is 500 g/mol. The minimum Gasteiger partial charge on any atom is -0.384 e. The van der Waals surface area contributed by atoms with Crippen molar-refractivity contribution < 1.29 is 4.79 Å². The molecule has 0 saturated heterocycles. The van der Waals surface area contributed by atoms with E-state index in [1.807, 2.05) is 35.4 Å². The highest BCUT2D eigenvalue weighted by atomic mass is 32.2. The zero-order valence-electron chi connectivity index (χ0n) is 20.3. The molecule has 3 aliphatic rings. The molecule has 0 amide bonds. The van der Waals surface area contributed by atoms with Gasteiger partial charge in [0.25, 0.3) is 0 Å². The van der Waals surface area contributed by atoms with E-state index in [4.69, 9.17) is 5.73 Å². The van der Waals surface area contributed by atoms with Crippen molar-refractivity contribution in [2.45, 2.75) is 63.2 Å². The van der Waals surface area contributed by atoms with Crippen LogP contribution in [0.4, 0.5) is 5.00 Å². The van der Waals surface area contributed by atoms with Crippen molar-refractivity contribution >= 4 is 33.9 Å². The van der Waals surface area contributed by atoms with Crippen LogP contribution >= 0.6 is 23.1 Å². The summed E-state index contributed by atoms with van der Waals surface area (Å²) in [6.07, 6.45) is 7.12. The van der Waals surface area contributed by atoms with Crippen molar-refractivity contribution in [2.75, 3.05) is 11.2 Å². The molecule has 0 spiro atoms. The lowest BCUT2D eigenvalue weighted by atomic mass is 9.68. The summed E-state index contributed by atoms with van der Waals surface area (Å²) in [5, 5.41) is 21.2. The minimum absolute atomic E-state index is 0.0558. The third-order valence-electron chi connectivity index (χ3n) is 7.30. The number of Topliss-reactive ketones (excluding diaryl/α,β-unsaturated/α-hetero) is 1. The van der Waals surface area contributed by atoms with Gasteiger partial charge in [0, 0.05) is 27.5 Å². The number of ketones is 1. The Balaban J connectivity index is 1.77. The van der Waals surface area contributed by atoms with Gasteiger partial charge < -0.3 is 5.73 Å². The fraction of sp³-hybridized carbons (Fsp3) is 0.393. The third kappa shape index (κ3) is 3.88. The fourth-order valence-electron chi connectivity index (χ4n) is 5.69. The van der Waals surface area contributed by atoms with Crippen LogP contribution in [0.5, 0.6) is 0 Å². The molecule has 2 aliphatic carbocycles. The highest BCUT2D eigenvalue weighted by molar-refractivity contribution is 7.98. The lowest BCUT2D eigenvalue weighted by molar-refractivity contribution is -0.118. The van der Waals surface area contributed by atoms with Crippen molar-refractivity contribution in [3.63, 3.8) is 0 Å². The molecular formula is C28H28N4OS2. The summed E-state index contributed by atoms with van der Waals surface area (Å²) in [6, 6.07) is 12.8. The second-order valence-electron chi connectivity index (χ2n) is 10.3. The summed E-state index contributed by atoms with van der Waals surface area (Å²) in [5.41, 5.74) is 11.1. The quantitative estimate of drug-likeness (QED) is 0.507. The average molecular weight is 501 g/mol. The Morgan fingerprint density at radius 1 is 1.11 bits per heavy atom. The van der Waals surface area contributed by atoms with Crippen molar-refractivity contribution in [3.05, 3.63) is 68.5 Å². The van der Waals surface area contributed by atoms with Gasteiger partial charge in [-0.3, -0.25) is 9.69 Å². The number of nitrogens with two attached hydrogens (primary N) is 1. The molecule has 2 aromatic rings. The molecule has 1 aromatic carbocycles. The number of nitrogens with zero attached hydrogens (tertiary/aromatic N) is 3. The third-order valence-corrected chi connectivity index (χ3v) is 9.32. The zero-order chi connectivity index (χ0) is 24.9. The number of anilines is 1. The predicted octanol–water partition coefficient (Wildman–Crippen LogP) is 6.16. The number of thioether (sulfide) groups is 1. The topological polar surface area (TPSA) is 93.9 Å². The van der Waals surface area contributed by atoms with Crippen LogP contribution < -0.4 is 10.6 Å². The maximum absolute atomic E-state index is 13.7. The summed E-state index contributed by atoms with van der Waals surface area (Å²) >= 11 is 3.25. The molecule has 1 atom stereocenters. The van der Waals surface area contributed by atoms with Crippen LogP contribution in [0.15, 0.2) is 51.8 Å². The van der Waals surface area contributed by atoms with Gasteiger partial charge in [-0.05, 0) is 67.0 Å². The maximum Gasteiger partial charge on any atom is 0.162 e. The van der Waals surface area contributed by atoms with Gasteiger partial charge in [0.05, 0.1) is 23.1 Å². The first-order valence-electron chi connectivity index (χ1n) is 11.9. The molecule has 5 rings (SSSR count). The number of rotatable bonds is 3. The van der Waals surface area contributed by atoms with Crippen LogP contribution in [0, 0.1) is 28.1 Å². The summed E-state index contributed by atoms with van der Waals surface area (Å²) in [5.74, 6) is -0.100. The molecule has 0 bridgehead atoms. The maximum atomic E-state index is 13.7. The average Bonchev–Trinajstić information content (AvgIpc) is 3.20. The lowest BCUT2D eigenvalue weighted by Gasteiger charge is -2.43. The Kier molecular flexibility index (Phi) is 6.03. The second-order valence-corrected chi connectivity index (χ2v) is 12.2. The fourth-order valence-corrected chi connectivity index (χ4v) is 7.48. The van der Waals surface area contributed by atoms with E-state index < -0.39 is 5.92 Å². The largest absolute Gasteiger partial charge is 0.384 e. The van der Waals surface area contributed by atoms with Gasteiger partial charge in [-0.15, -0.1) is 23.1 Å². The summed E-state index contributed by atoms with van der Waals surface area (Å²) in [7, 11) is 0. The number of hydrogen-bond acceptors (Lipinski definition) is 7. The molecule has 0 unspecified atom stereocenters. The van der Waals surface area contributed by atoms with E-state index in [-0.39, 0.29) is 11.2 Å². The molecule has 1 aromatic heterocycles. The minimum atomic E-state index is -0.495. The normalized spacial score (nSPS) is 21.3. The first-order chi connectivity index (χ1) is 16.8. The molecule has 0 radical (unpaired) electrons. The van der Waals surface area contributed by atoms with Gasteiger partial charge in [0.2, 0.25) is 0 Å². The first kappa shape index (κ1) is 23.7. The number of thiophene rings is 1. The van der Waals surface area contributed by atoms with E-state index in [2.05, 4.69) is 26.0 Å². The van der Waals surface area contributed by atoms with E-state index >= 15 is 0 Å². The van der Waals surface area contributed by atoms with Crippen molar-refractivity contribution in [3.8, 4) is 12.1 Å². The standard InChI is InChI=1S/C28H28N4OS2/c1-28(2)12-21-25(22(33)13-28)24(16-8-10-17(34-3)11-9-16)20(15-30)26(31)32(21)27-19(14-29)18-6-4-5-7-23(18)35-27/h8-11,24H,4-7,12-13,31H2,1-3H3/t24-/m1/s1. The molecule has 0 saturated carbocycles. The van der Waals surface area contributed by atoms with Crippen LogP contribution in [-0.4, -0.2) is 12.0 Å². The molecule has 0 fully saturated rings. The van der Waals surface area contributed by atoms with Crippen LogP contribution in [0.3, 0.4) is 0 Å². The van der Waals surface area contributed by atoms with Crippen molar-refractivity contribution in [1.82, 2.24) is 0 Å². The molecule has 7 heteroatoms. The Morgan fingerprint density at radius 2 is 1.83 bits per heavy atom. The SMILES string of the molecule is CSc1ccc([C@@H]2C(C#N)=C(N)N(c3sc4c(c3C#N)CCCC4)C3=C2C(=O)CC(C)(C)C3)cc1. The van der Waals surface area contributed by atoms with E-state index in [1.54, 1.807) is 23.1 Å². The Morgan fingerprint density at radius 3 is 2.49 bits per heavy atom. The van der Waals surface area contributed by atoms with E-state index in [9.17, 15) is 15.3 Å². The zero-order valence-corrected chi connectivity index (χ0v) is 21.9. The number of carbonyl (C=O) groups excluding carboxylic acids is 1. The first-order valence-corrected chi connectivity index (χ1v) is 14.0. The predicted molar refractivity (Wildman–Crippen MR) is 141 cm³/mol. The lowest BCUT2D eigenvalue weighted by Crippen LogP contribution is -2.42. The van der Waals surface area contributed by atoms with Crippen molar-refractivity contribution in [2.24, 2.45) is 11.1 Å². The molecule has 35 heavy (non-hydrogen) atoms. The number of aryl methyl sites for hydroxylation is 1. The van der Waals surface area contributed by atoms with Gasteiger partial charge in [-0.1, -0.05) is 26.0 Å². The summed E-state index contributed by atoms with van der Waals surface area (Å²) in [4.78, 5) is 18.0. The van der Waals surface area contributed by atoms with Gasteiger partial charge in [0.1, 0.15) is 16.9 Å². The number of allylic oxidation sites excluding steroid dienone is 3. The number of carbonyl (C=O) groups is 1. The highest BCUT2D eigenvalue weighted by Crippen LogP contribution is 2.52. The molecule has 2 heterocycles. The molecular weight excluding hydrogens is 472 g/mol. The van der Waals surface area contributed by atoms with Crippen LogP contribution in [0.1, 0.15) is 67.0 Å². The highest BCUT2D eigenvalue weighted by Gasteiger charge is 2.45. The number of fused-ring (bicyclic) bond motifs is 1. The second kappa shape index (κ2) is 8.90. The molecule has 2 N–H and O–H groups in total. The van der Waals surface area contributed by atoms with Gasteiger partial charge in [-0.25, -0.2) is 0 Å². The Hall–Kier alpha value is -3.00. The van der Waals surface area contributed by atoms with Crippen LogP contribution in [0.25, 0.3) is 0 Å².